The van der Waals surface area contributed by atoms with Gasteiger partial charge in [-0.2, -0.15) is 4.98 Å². The molecule has 0 bridgehead atoms. The molecule has 27 heavy (non-hydrogen) atoms. The first kappa shape index (κ1) is 19.6. The lowest BCUT2D eigenvalue weighted by molar-refractivity contribution is 0.453. The Bertz CT molecular complexity index is 953. The van der Waals surface area contributed by atoms with Crippen LogP contribution < -0.4 is 4.74 Å². The predicted octanol–water partition coefficient (Wildman–Crippen LogP) is 6.62. The normalized spacial score (nSPS) is 11.0. The predicted molar refractivity (Wildman–Crippen MR) is 104 cm³/mol. The molecule has 3 nitrogen and oxygen atoms in total. The van der Waals surface area contributed by atoms with Gasteiger partial charge in [-0.15, -0.1) is 0 Å². The zero-order chi connectivity index (χ0) is 19.4. The fraction of sp³-hybridized carbons (Fsp3) is 0.200. The summed E-state index contributed by atoms with van der Waals surface area (Å²) in [5, 5.41) is 0.928. The summed E-state index contributed by atoms with van der Waals surface area (Å²) in [5.74, 6) is 0.101. The third kappa shape index (κ3) is 5.17. The van der Waals surface area contributed by atoms with Crippen molar-refractivity contribution in [2.45, 2.75) is 30.7 Å². The third-order valence-electron chi connectivity index (χ3n) is 3.72. The van der Waals surface area contributed by atoms with E-state index in [4.69, 9.17) is 16.3 Å². The van der Waals surface area contributed by atoms with Crippen molar-refractivity contribution in [1.29, 1.82) is 0 Å². The van der Waals surface area contributed by atoms with E-state index < -0.39 is 11.6 Å². The molecule has 0 atom stereocenters. The molecule has 0 aliphatic carbocycles. The van der Waals surface area contributed by atoms with Crippen molar-refractivity contribution < 1.29 is 13.5 Å². The van der Waals surface area contributed by atoms with E-state index in [-0.39, 0.29) is 11.7 Å². The molecule has 0 unspecified atom stereocenters. The summed E-state index contributed by atoms with van der Waals surface area (Å²) in [6.07, 6.45) is 0. The molecule has 7 heteroatoms. The second-order valence-corrected chi connectivity index (χ2v) is 7.47. The lowest BCUT2D eigenvalue weighted by Crippen LogP contribution is -2.00. The average Bonchev–Trinajstić information content (AvgIpc) is 2.63. The van der Waals surface area contributed by atoms with Crippen molar-refractivity contribution >= 4 is 23.4 Å². The van der Waals surface area contributed by atoms with Crippen LogP contribution in [0.4, 0.5) is 8.78 Å². The second kappa shape index (κ2) is 8.67. The first-order valence-electron chi connectivity index (χ1n) is 8.30. The van der Waals surface area contributed by atoms with Crippen LogP contribution in [0, 0.1) is 11.6 Å². The largest absolute Gasteiger partial charge is 0.437 e. The molecule has 2 aromatic carbocycles. The van der Waals surface area contributed by atoms with Crippen molar-refractivity contribution in [3.8, 4) is 11.6 Å². The van der Waals surface area contributed by atoms with Gasteiger partial charge < -0.3 is 4.74 Å². The number of hydrogen-bond donors (Lipinski definition) is 0. The van der Waals surface area contributed by atoms with Crippen LogP contribution in [0.1, 0.15) is 31.0 Å². The maximum Gasteiger partial charge on any atom is 0.223 e. The molecule has 0 spiro atoms. The van der Waals surface area contributed by atoms with Crippen molar-refractivity contribution in [3.63, 3.8) is 0 Å². The number of para-hydroxylation sites is 1. The van der Waals surface area contributed by atoms with E-state index in [1.54, 1.807) is 18.2 Å². The van der Waals surface area contributed by atoms with Gasteiger partial charge in [-0.3, -0.25) is 0 Å². The summed E-state index contributed by atoms with van der Waals surface area (Å²) in [7, 11) is 0. The number of halogens is 3. The molecule has 0 fully saturated rings. The highest BCUT2D eigenvalue weighted by Crippen LogP contribution is 2.31. The van der Waals surface area contributed by atoms with Crippen LogP contribution in [-0.4, -0.2) is 9.97 Å². The summed E-state index contributed by atoms with van der Waals surface area (Å²) in [5.41, 5.74) is 1.18. The Labute approximate surface area is 165 Å². The van der Waals surface area contributed by atoms with Crippen LogP contribution in [0.15, 0.2) is 53.7 Å². The second-order valence-electron chi connectivity index (χ2n) is 6.13. The maximum absolute atomic E-state index is 13.8. The minimum atomic E-state index is -0.602. The molecule has 0 saturated heterocycles. The van der Waals surface area contributed by atoms with E-state index >= 15 is 0 Å². The van der Waals surface area contributed by atoms with Crippen molar-refractivity contribution in [3.05, 3.63) is 76.4 Å². The highest BCUT2D eigenvalue weighted by molar-refractivity contribution is 7.98. The highest BCUT2D eigenvalue weighted by atomic mass is 35.5. The topological polar surface area (TPSA) is 35.0 Å². The number of benzene rings is 2. The SMILES string of the molecule is CC(C)c1cc(Oc2ccccc2Cl)nc(SCc2ccc(F)cc2F)n1. The molecule has 1 aromatic heterocycles. The number of hydrogen-bond acceptors (Lipinski definition) is 4. The summed E-state index contributed by atoms with van der Waals surface area (Å²) >= 11 is 7.40. The van der Waals surface area contributed by atoms with Crippen LogP contribution >= 0.6 is 23.4 Å². The molecule has 0 aliphatic heterocycles. The first-order chi connectivity index (χ1) is 12.9. The van der Waals surface area contributed by atoms with Crippen LogP contribution in [0.2, 0.25) is 5.02 Å². The Kier molecular flexibility index (Phi) is 6.29. The molecule has 1 heterocycles. The Balaban J connectivity index is 1.84. The molecular weight excluding hydrogens is 390 g/mol. The fourth-order valence-electron chi connectivity index (χ4n) is 2.25. The number of nitrogens with zero attached hydrogens (tertiary/aromatic N) is 2. The van der Waals surface area contributed by atoms with Crippen molar-refractivity contribution in [2.75, 3.05) is 0 Å². The lowest BCUT2D eigenvalue weighted by atomic mass is 10.1. The molecule has 0 N–H and O–H groups in total. The van der Waals surface area contributed by atoms with Gasteiger partial charge >= 0.3 is 0 Å². The quantitative estimate of drug-likeness (QED) is 0.340. The van der Waals surface area contributed by atoms with E-state index in [0.29, 0.717) is 27.4 Å². The third-order valence-corrected chi connectivity index (χ3v) is 4.92. The monoisotopic (exact) mass is 406 g/mol. The molecule has 3 rings (SSSR count). The van der Waals surface area contributed by atoms with Gasteiger partial charge in [0.1, 0.15) is 17.4 Å². The zero-order valence-electron chi connectivity index (χ0n) is 14.7. The Morgan fingerprint density at radius 1 is 1.07 bits per heavy atom. The van der Waals surface area contributed by atoms with Crippen LogP contribution in [0.25, 0.3) is 0 Å². The maximum atomic E-state index is 13.8. The van der Waals surface area contributed by atoms with E-state index in [0.717, 1.165) is 11.8 Å². The van der Waals surface area contributed by atoms with E-state index in [1.807, 2.05) is 26.0 Å². The summed E-state index contributed by atoms with van der Waals surface area (Å²) in [4.78, 5) is 8.89. The Hall–Kier alpha value is -2.18. The Morgan fingerprint density at radius 3 is 2.56 bits per heavy atom. The summed E-state index contributed by atoms with van der Waals surface area (Å²) < 4.78 is 32.7. The lowest BCUT2D eigenvalue weighted by Gasteiger charge is -2.12. The zero-order valence-corrected chi connectivity index (χ0v) is 16.3. The van der Waals surface area contributed by atoms with Gasteiger partial charge in [0.05, 0.1) is 10.7 Å². The van der Waals surface area contributed by atoms with Gasteiger partial charge in [-0.05, 0) is 29.7 Å². The molecular formula is C20H17ClF2N2OS. The van der Waals surface area contributed by atoms with Gasteiger partial charge in [0.15, 0.2) is 5.16 Å². The highest BCUT2D eigenvalue weighted by Gasteiger charge is 2.12. The average molecular weight is 407 g/mol. The molecule has 3 aromatic rings. The molecule has 0 amide bonds. The number of thioether (sulfide) groups is 1. The molecule has 0 radical (unpaired) electrons. The van der Waals surface area contributed by atoms with Gasteiger partial charge in [-0.1, -0.05) is 55.4 Å². The van der Waals surface area contributed by atoms with Crippen LogP contribution in [0.3, 0.4) is 0 Å². The fourth-order valence-corrected chi connectivity index (χ4v) is 3.27. The number of rotatable bonds is 6. The summed E-state index contributed by atoms with van der Waals surface area (Å²) in [6, 6.07) is 12.4. The smallest absolute Gasteiger partial charge is 0.223 e. The summed E-state index contributed by atoms with van der Waals surface area (Å²) in [6.45, 7) is 4.02. The Morgan fingerprint density at radius 2 is 1.85 bits per heavy atom. The molecule has 0 aliphatic rings. The van der Waals surface area contributed by atoms with E-state index in [1.165, 1.54) is 23.9 Å². The first-order valence-corrected chi connectivity index (χ1v) is 9.67. The number of aromatic nitrogens is 2. The van der Waals surface area contributed by atoms with Crippen LogP contribution in [-0.2, 0) is 5.75 Å². The standard InChI is InChI=1S/C20H17ClF2N2OS/c1-12(2)17-10-19(26-18-6-4-3-5-15(18)21)25-20(24-17)27-11-13-7-8-14(22)9-16(13)23/h3-10,12H,11H2,1-2H3. The molecule has 140 valence electrons. The van der Waals surface area contributed by atoms with Gasteiger partial charge in [0.2, 0.25) is 5.88 Å². The van der Waals surface area contributed by atoms with Crippen molar-refractivity contribution in [1.82, 2.24) is 9.97 Å². The van der Waals surface area contributed by atoms with E-state index in [2.05, 4.69) is 9.97 Å². The minimum absolute atomic E-state index is 0.156. The van der Waals surface area contributed by atoms with Gasteiger partial charge in [0.25, 0.3) is 0 Å². The molecule has 0 saturated carbocycles. The van der Waals surface area contributed by atoms with E-state index in [9.17, 15) is 8.78 Å². The van der Waals surface area contributed by atoms with Gasteiger partial charge in [-0.25, -0.2) is 13.8 Å². The minimum Gasteiger partial charge on any atom is -0.437 e. The van der Waals surface area contributed by atoms with Crippen molar-refractivity contribution in [2.24, 2.45) is 0 Å². The van der Waals surface area contributed by atoms with Crippen LogP contribution in [0.5, 0.6) is 11.6 Å². The van der Waals surface area contributed by atoms with Gasteiger partial charge in [0, 0.05) is 17.9 Å². The number of ether oxygens (including phenoxy) is 1.